The quantitative estimate of drug-likeness (QED) is 0.724. The number of carbonyl (C=O) groups is 3. The maximum atomic E-state index is 12.3. The lowest BCUT2D eigenvalue weighted by molar-refractivity contribution is -0.122. The largest absolute Gasteiger partial charge is 0.448 e. The third kappa shape index (κ3) is 6.72. The highest BCUT2D eigenvalue weighted by Gasteiger charge is 2.29. The monoisotopic (exact) mass is 369 g/mol. The van der Waals surface area contributed by atoms with Gasteiger partial charge >= 0.3 is 12.2 Å². The van der Waals surface area contributed by atoms with Gasteiger partial charge in [0.2, 0.25) is 5.91 Å². The molecule has 8 heteroatoms. The van der Waals surface area contributed by atoms with Crippen molar-refractivity contribution in [2.75, 3.05) is 19.7 Å². The van der Waals surface area contributed by atoms with Gasteiger partial charge < -0.3 is 25.0 Å². The first-order chi connectivity index (χ1) is 12.2. The summed E-state index contributed by atoms with van der Waals surface area (Å²) in [5.74, 6) is -0.118. The highest BCUT2D eigenvalue weighted by atomic mass is 16.6. The number of alkyl carbamates (subject to hydrolysis) is 1. The first-order valence-electron chi connectivity index (χ1n) is 9.45. The van der Waals surface area contributed by atoms with E-state index in [-0.39, 0.29) is 30.5 Å². The Kier molecular flexibility index (Phi) is 7.11. The molecule has 0 bridgehead atoms. The molecule has 2 rings (SSSR count). The van der Waals surface area contributed by atoms with Gasteiger partial charge in [-0.05, 0) is 33.6 Å². The Hall–Kier alpha value is -1.99. The molecule has 1 heterocycles. The van der Waals surface area contributed by atoms with Crippen molar-refractivity contribution in [2.24, 2.45) is 0 Å². The van der Waals surface area contributed by atoms with Gasteiger partial charge in [-0.25, -0.2) is 9.59 Å². The molecular formula is C18H31N3O5. The number of nitrogens with one attached hydrogen (secondary N) is 2. The summed E-state index contributed by atoms with van der Waals surface area (Å²) >= 11 is 0. The van der Waals surface area contributed by atoms with Gasteiger partial charge in [0.05, 0.1) is 12.6 Å². The first-order valence-corrected chi connectivity index (χ1v) is 9.45. The summed E-state index contributed by atoms with van der Waals surface area (Å²) in [6.07, 6.45) is 4.13. The zero-order valence-corrected chi connectivity index (χ0v) is 16.0. The molecule has 0 aromatic carbocycles. The van der Waals surface area contributed by atoms with Crippen LogP contribution >= 0.6 is 0 Å². The molecule has 1 saturated heterocycles. The Morgan fingerprint density at radius 1 is 1.15 bits per heavy atom. The fourth-order valence-electron chi connectivity index (χ4n) is 3.26. The summed E-state index contributed by atoms with van der Waals surface area (Å²) in [7, 11) is 0. The zero-order valence-electron chi connectivity index (χ0n) is 16.0. The summed E-state index contributed by atoms with van der Waals surface area (Å²) in [6, 6.07) is -0.268. The third-order valence-electron chi connectivity index (χ3n) is 4.52. The minimum Gasteiger partial charge on any atom is -0.448 e. The molecular weight excluding hydrogens is 338 g/mol. The number of nitrogens with zero attached hydrogens (tertiary/aromatic N) is 1. The minimum absolute atomic E-state index is 0.118. The second-order valence-electron chi connectivity index (χ2n) is 7.92. The summed E-state index contributed by atoms with van der Waals surface area (Å²) < 4.78 is 10.2. The van der Waals surface area contributed by atoms with E-state index >= 15 is 0 Å². The van der Waals surface area contributed by atoms with Crippen LogP contribution in [0.25, 0.3) is 0 Å². The van der Waals surface area contributed by atoms with Crippen LogP contribution in [0.2, 0.25) is 0 Å². The first kappa shape index (κ1) is 20.3. The van der Waals surface area contributed by atoms with Crippen molar-refractivity contribution >= 4 is 18.1 Å². The van der Waals surface area contributed by atoms with Crippen LogP contribution in [-0.4, -0.2) is 60.4 Å². The van der Waals surface area contributed by atoms with Gasteiger partial charge in [-0.1, -0.05) is 19.3 Å². The number of ether oxygens (including phenoxy) is 2. The summed E-state index contributed by atoms with van der Waals surface area (Å²) in [5.41, 5.74) is -0.558. The van der Waals surface area contributed by atoms with Gasteiger partial charge in [0.25, 0.3) is 0 Å². The lowest BCUT2D eigenvalue weighted by Crippen LogP contribution is -2.52. The van der Waals surface area contributed by atoms with Crippen LogP contribution in [0.3, 0.4) is 0 Å². The molecule has 0 unspecified atom stereocenters. The molecule has 26 heavy (non-hydrogen) atoms. The average Bonchev–Trinajstić information content (AvgIpc) is 2.81. The van der Waals surface area contributed by atoms with E-state index in [4.69, 9.17) is 9.47 Å². The second kappa shape index (κ2) is 9.09. The Bertz CT molecular complexity index is 517. The second-order valence-corrected chi connectivity index (χ2v) is 7.92. The SMILES string of the molecule is CC(C)(C)OC(=O)N[C@@H]1CCCCC[C@H]1NC(=O)CCN1CCOC1=O. The molecule has 2 N–H and O–H groups in total. The van der Waals surface area contributed by atoms with Crippen LogP contribution in [0.15, 0.2) is 0 Å². The molecule has 2 aliphatic rings. The highest BCUT2D eigenvalue weighted by molar-refractivity contribution is 5.78. The molecule has 1 aliphatic carbocycles. The Morgan fingerprint density at radius 3 is 2.38 bits per heavy atom. The summed E-state index contributed by atoms with van der Waals surface area (Å²) in [4.78, 5) is 37.4. The fraction of sp³-hybridized carbons (Fsp3) is 0.833. The predicted octanol–water partition coefficient (Wildman–Crippen LogP) is 2.17. The standard InChI is InChI=1S/C18H31N3O5/c1-18(2,3)26-16(23)20-14-8-6-4-5-7-13(14)19-15(22)9-10-21-11-12-25-17(21)24/h13-14H,4-12H2,1-3H3,(H,19,22)(H,20,23)/t13-,14-/m1/s1. The average molecular weight is 369 g/mol. The van der Waals surface area contributed by atoms with Gasteiger partial charge in [0.15, 0.2) is 0 Å². The fourth-order valence-corrected chi connectivity index (χ4v) is 3.26. The number of rotatable bonds is 5. The highest BCUT2D eigenvalue weighted by Crippen LogP contribution is 2.19. The van der Waals surface area contributed by atoms with Gasteiger partial charge in [-0.2, -0.15) is 0 Å². The Balaban J connectivity index is 1.85. The van der Waals surface area contributed by atoms with E-state index in [1.807, 2.05) is 20.8 Å². The van der Waals surface area contributed by atoms with Crippen LogP contribution in [0.5, 0.6) is 0 Å². The van der Waals surface area contributed by atoms with Gasteiger partial charge in [-0.3, -0.25) is 4.79 Å². The van der Waals surface area contributed by atoms with Crippen LogP contribution < -0.4 is 10.6 Å². The topological polar surface area (TPSA) is 97.0 Å². The Labute approximate surface area is 155 Å². The van der Waals surface area contributed by atoms with Crippen molar-refractivity contribution in [1.82, 2.24) is 15.5 Å². The van der Waals surface area contributed by atoms with E-state index in [1.165, 1.54) is 4.90 Å². The molecule has 2 fully saturated rings. The van der Waals surface area contributed by atoms with E-state index in [9.17, 15) is 14.4 Å². The summed E-state index contributed by atoms with van der Waals surface area (Å²) in [6.45, 7) is 6.72. The number of carbonyl (C=O) groups excluding carboxylic acids is 3. The third-order valence-corrected chi connectivity index (χ3v) is 4.52. The van der Waals surface area contributed by atoms with Crippen LogP contribution in [0.1, 0.15) is 59.3 Å². The van der Waals surface area contributed by atoms with Crippen molar-refractivity contribution in [3.05, 3.63) is 0 Å². The molecule has 8 nitrogen and oxygen atoms in total. The van der Waals surface area contributed by atoms with E-state index in [0.29, 0.717) is 19.7 Å². The molecule has 1 saturated carbocycles. The minimum atomic E-state index is -0.558. The van der Waals surface area contributed by atoms with E-state index in [2.05, 4.69) is 10.6 Å². The Morgan fingerprint density at radius 2 is 1.81 bits per heavy atom. The number of amides is 3. The molecule has 0 aromatic rings. The van der Waals surface area contributed by atoms with Crippen molar-refractivity contribution in [3.63, 3.8) is 0 Å². The van der Waals surface area contributed by atoms with E-state index in [0.717, 1.165) is 32.1 Å². The van der Waals surface area contributed by atoms with Crippen molar-refractivity contribution in [1.29, 1.82) is 0 Å². The normalized spacial score (nSPS) is 23.8. The lowest BCUT2D eigenvalue weighted by Gasteiger charge is -2.29. The molecule has 0 radical (unpaired) electrons. The number of hydrogen-bond acceptors (Lipinski definition) is 5. The van der Waals surface area contributed by atoms with E-state index < -0.39 is 11.7 Å². The van der Waals surface area contributed by atoms with Crippen molar-refractivity contribution in [3.8, 4) is 0 Å². The van der Waals surface area contributed by atoms with Crippen molar-refractivity contribution < 1.29 is 23.9 Å². The summed E-state index contributed by atoms with van der Waals surface area (Å²) in [5, 5.41) is 5.94. The smallest absolute Gasteiger partial charge is 0.409 e. The number of hydrogen-bond donors (Lipinski definition) is 2. The maximum absolute atomic E-state index is 12.3. The van der Waals surface area contributed by atoms with Crippen LogP contribution in [-0.2, 0) is 14.3 Å². The lowest BCUT2D eigenvalue weighted by atomic mass is 10.0. The predicted molar refractivity (Wildman–Crippen MR) is 95.7 cm³/mol. The molecule has 0 spiro atoms. The maximum Gasteiger partial charge on any atom is 0.409 e. The van der Waals surface area contributed by atoms with Crippen molar-refractivity contribution in [2.45, 2.75) is 77.0 Å². The van der Waals surface area contributed by atoms with Gasteiger partial charge in [-0.15, -0.1) is 0 Å². The van der Waals surface area contributed by atoms with Crippen LogP contribution in [0.4, 0.5) is 9.59 Å². The van der Waals surface area contributed by atoms with Crippen LogP contribution in [0, 0.1) is 0 Å². The molecule has 2 atom stereocenters. The van der Waals surface area contributed by atoms with Gasteiger partial charge in [0, 0.05) is 19.0 Å². The van der Waals surface area contributed by atoms with E-state index in [1.54, 1.807) is 0 Å². The zero-order chi connectivity index (χ0) is 19.2. The molecule has 148 valence electrons. The molecule has 1 aliphatic heterocycles. The molecule has 0 aromatic heterocycles. The number of cyclic esters (lactones) is 1. The van der Waals surface area contributed by atoms with Gasteiger partial charge in [0.1, 0.15) is 12.2 Å². The molecule has 3 amide bonds.